The Morgan fingerprint density at radius 3 is 2.81 bits per heavy atom. The number of nitrogens with zero attached hydrogens (tertiary/aromatic N) is 2. The summed E-state index contributed by atoms with van der Waals surface area (Å²) in [5, 5.41) is 6.01. The van der Waals surface area contributed by atoms with Gasteiger partial charge in [-0.05, 0) is 51.6 Å². The maximum Gasteiger partial charge on any atom is 0.266 e. The van der Waals surface area contributed by atoms with Gasteiger partial charge in [0.05, 0.1) is 13.2 Å². The van der Waals surface area contributed by atoms with Crippen LogP contribution in [0.3, 0.4) is 0 Å². The van der Waals surface area contributed by atoms with Crippen LogP contribution in [0.2, 0.25) is 0 Å². The molecule has 0 saturated carbocycles. The molecule has 0 atom stereocenters. The predicted octanol–water partition coefficient (Wildman–Crippen LogP) is 4.05. The third-order valence-corrected chi connectivity index (χ3v) is 6.45. The Bertz CT molecular complexity index is 915. The zero-order chi connectivity index (χ0) is 17.9. The van der Waals surface area contributed by atoms with Crippen molar-refractivity contribution in [3.63, 3.8) is 0 Å². The lowest BCUT2D eigenvalue weighted by Crippen LogP contribution is -2.38. The van der Waals surface area contributed by atoms with Crippen molar-refractivity contribution < 1.29 is 9.53 Å². The van der Waals surface area contributed by atoms with E-state index in [1.165, 1.54) is 16.9 Å². The highest BCUT2D eigenvalue weighted by atomic mass is 79.9. The standard InChI is InChI=1S/C19H20BrN3O2S/c20-16-4-12-26-18(16)19(24)21-15-1-2-17-14(13-15)3-5-23(17)7-6-22-8-10-25-11-9-22/h1-5,12-13H,6-11H2,(H,21,24). The highest BCUT2D eigenvalue weighted by molar-refractivity contribution is 9.10. The minimum Gasteiger partial charge on any atom is -0.379 e. The lowest BCUT2D eigenvalue weighted by Gasteiger charge is -2.26. The molecule has 4 rings (SSSR count). The Balaban J connectivity index is 1.45. The molecular formula is C19H20BrN3O2S. The number of amides is 1. The van der Waals surface area contributed by atoms with Crippen LogP contribution in [0.1, 0.15) is 9.67 Å². The number of carbonyl (C=O) groups is 1. The first-order chi connectivity index (χ1) is 12.7. The van der Waals surface area contributed by atoms with Gasteiger partial charge in [0.15, 0.2) is 0 Å². The van der Waals surface area contributed by atoms with Crippen LogP contribution >= 0.6 is 27.3 Å². The average molecular weight is 434 g/mol. The van der Waals surface area contributed by atoms with Crippen molar-refractivity contribution in [1.82, 2.24) is 9.47 Å². The van der Waals surface area contributed by atoms with Gasteiger partial charge >= 0.3 is 0 Å². The summed E-state index contributed by atoms with van der Waals surface area (Å²) < 4.78 is 8.50. The minimum absolute atomic E-state index is 0.0852. The molecule has 3 heterocycles. The lowest BCUT2D eigenvalue weighted by atomic mass is 10.2. The summed E-state index contributed by atoms with van der Waals surface area (Å²) >= 11 is 4.84. The summed E-state index contributed by atoms with van der Waals surface area (Å²) in [4.78, 5) is 15.5. The number of benzene rings is 1. The van der Waals surface area contributed by atoms with Crippen molar-refractivity contribution in [3.05, 3.63) is 51.3 Å². The zero-order valence-corrected chi connectivity index (χ0v) is 16.7. The molecule has 0 radical (unpaired) electrons. The van der Waals surface area contributed by atoms with Crippen molar-refractivity contribution in [2.45, 2.75) is 6.54 Å². The molecule has 1 fully saturated rings. The average Bonchev–Trinajstić information content (AvgIpc) is 3.26. The SMILES string of the molecule is O=C(Nc1ccc2c(ccn2CCN2CCOCC2)c1)c1sccc1Br. The molecule has 0 bridgehead atoms. The molecule has 7 heteroatoms. The number of nitrogens with one attached hydrogen (secondary N) is 1. The van der Waals surface area contributed by atoms with E-state index in [0.29, 0.717) is 4.88 Å². The molecule has 3 aromatic rings. The summed E-state index contributed by atoms with van der Waals surface area (Å²) in [6, 6.07) is 10.1. The Kier molecular flexibility index (Phi) is 5.40. The Morgan fingerprint density at radius 1 is 1.19 bits per heavy atom. The monoisotopic (exact) mass is 433 g/mol. The number of halogens is 1. The van der Waals surface area contributed by atoms with Gasteiger partial charge in [0.2, 0.25) is 0 Å². The summed E-state index contributed by atoms with van der Waals surface area (Å²) in [5.41, 5.74) is 2.00. The molecule has 136 valence electrons. The minimum atomic E-state index is -0.0852. The maximum absolute atomic E-state index is 12.4. The number of morpholine rings is 1. The second-order valence-corrected chi connectivity index (χ2v) is 8.06. The summed E-state index contributed by atoms with van der Waals surface area (Å²) in [6.45, 7) is 5.66. The topological polar surface area (TPSA) is 46.5 Å². The molecule has 1 aliphatic heterocycles. The fourth-order valence-electron chi connectivity index (χ4n) is 3.19. The molecule has 1 aromatic carbocycles. The molecule has 1 aliphatic rings. The fourth-order valence-corrected chi connectivity index (χ4v) is 4.64. The lowest BCUT2D eigenvalue weighted by molar-refractivity contribution is 0.0365. The van der Waals surface area contributed by atoms with Gasteiger partial charge in [-0.25, -0.2) is 0 Å². The smallest absolute Gasteiger partial charge is 0.266 e. The van der Waals surface area contributed by atoms with Crippen molar-refractivity contribution >= 4 is 49.8 Å². The van der Waals surface area contributed by atoms with E-state index in [2.05, 4.69) is 49.0 Å². The Morgan fingerprint density at radius 2 is 2.04 bits per heavy atom. The van der Waals surface area contributed by atoms with E-state index in [1.807, 2.05) is 23.6 Å². The molecular weight excluding hydrogens is 414 g/mol. The van der Waals surface area contributed by atoms with Gasteiger partial charge < -0.3 is 14.6 Å². The molecule has 2 aromatic heterocycles. The third-order valence-electron chi connectivity index (χ3n) is 4.61. The van der Waals surface area contributed by atoms with E-state index in [9.17, 15) is 4.79 Å². The molecule has 5 nitrogen and oxygen atoms in total. The van der Waals surface area contributed by atoms with Crippen LogP contribution < -0.4 is 5.32 Å². The second kappa shape index (κ2) is 7.92. The maximum atomic E-state index is 12.4. The van der Waals surface area contributed by atoms with Crippen LogP contribution in [-0.2, 0) is 11.3 Å². The van der Waals surface area contributed by atoms with Gasteiger partial charge in [0.25, 0.3) is 5.91 Å². The third kappa shape index (κ3) is 3.86. The van der Waals surface area contributed by atoms with Gasteiger partial charge in [0, 0.05) is 53.4 Å². The number of ether oxygens (including phenoxy) is 1. The van der Waals surface area contributed by atoms with Crippen molar-refractivity contribution in [1.29, 1.82) is 0 Å². The van der Waals surface area contributed by atoms with Crippen LogP contribution in [-0.4, -0.2) is 48.2 Å². The quantitative estimate of drug-likeness (QED) is 0.659. The van der Waals surface area contributed by atoms with E-state index < -0.39 is 0 Å². The fraction of sp³-hybridized carbons (Fsp3) is 0.316. The van der Waals surface area contributed by atoms with Crippen LogP contribution in [0.5, 0.6) is 0 Å². The van der Waals surface area contributed by atoms with Crippen molar-refractivity contribution in [3.8, 4) is 0 Å². The molecule has 1 N–H and O–H groups in total. The number of aromatic nitrogens is 1. The molecule has 1 amide bonds. The van der Waals surface area contributed by atoms with Crippen LogP contribution in [0, 0.1) is 0 Å². The largest absolute Gasteiger partial charge is 0.379 e. The van der Waals surface area contributed by atoms with E-state index >= 15 is 0 Å². The molecule has 1 saturated heterocycles. The molecule has 0 aliphatic carbocycles. The van der Waals surface area contributed by atoms with Gasteiger partial charge in [-0.3, -0.25) is 9.69 Å². The van der Waals surface area contributed by atoms with Crippen LogP contribution in [0.25, 0.3) is 10.9 Å². The summed E-state index contributed by atoms with van der Waals surface area (Å²) in [6.07, 6.45) is 2.12. The highest BCUT2D eigenvalue weighted by Gasteiger charge is 2.13. The number of hydrogen-bond acceptors (Lipinski definition) is 4. The van der Waals surface area contributed by atoms with Gasteiger partial charge in [-0.1, -0.05) is 0 Å². The molecule has 26 heavy (non-hydrogen) atoms. The zero-order valence-electron chi connectivity index (χ0n) is 14.3. The summed E-state index contributed by atoms with van der Waals surface area (Å²) in [7, 11) is 0. The number of fused-ring (bicyclic) bond motifs is 1. The molecule has 0 spiro atoms. The van der Waals surface area contributed by atoms with E-state index in [4.69, 9.17) is 4.74 Å². The molecule has 0 unspecified atom stereocenters. The van der Waals surface area contributed by atoms with E-state index in [-0.39, 0.29) is 5.91 Å². The normalized spacial score (nSPS) is 15.4. The van der Waals surface area contributed by atoms with Gasteiger partial charge in [0.1, 0.15) is 4.88 Å². The van der Waals surface area contributed by atoms with E-state index in [0.717, 1.165) is 54.9 Å². The van der Waals surface area contributed by atoms with Crippen LogP contribution in [0.15, 0.2) is 46.4 Å². The Hall–Kier alpha value is -1.67. The number of thiophene rings is 1. The summed E-state index contributed by atoms with van der Waals surface area (Å²) in [5.74, 6) is -0.0852. The van der Waals surface area contributed by atoms with Gasteiger partial charge in [-0.15, -0.1) is 11.3 Å². The second-order valence-electron chi connectivity index (χ2n) is 6.29. The number of anilines is 1. The highest BCUT2D eigenvalue weighted by Crippen LogP contribution is 2.25. The number of rotatable bonds is 5. The Labute approximate surface area is 164 Å². The predicted molar refractivity (Wildman–Crippen MR) is 109 cm³/mol. The van der Waals surface area contributed by atoms with Crippen LogP contribution in [0.4, 0.5) is 5.69 Å². The number of carbonyl (C=O) groups excluding carboxylic acids is 1. The first-order valence-corrected chi connectivity index (χ1v) is 10.3. The number of hydrogen-bond donors (Lipinski definition) is 1. The van der Waals surface area contributed by atoms with E-state index in [1.54, 1.807) is 0 Å². The first-order valence-electron chi connectivity index (χ1n) is 8.64. The van der Waals surface area contributed by atoms with Gasteiger partial charge in [-0.2, -0.15) is 0 Å². The van der Waals surface area contributed by atoms with Crippen molar-refractivity contribution in [2.75, 3.05) is 38.2 Å². The first kappa shape index (κ1) is 17.7. The van der Waals surface area contributed by atoms with Crippen molar-refractivity contribution in [2.24, 2.45) is 0 Å².